The van der Waals surface area contributed by atoms with Crippen LogP contribution in [0, 0.1) is 0 Å². The van der Waals surface area contributed by atoms with Crippen molar-refractivity contribution in [3.63, 3.8) is 0 Å². The minimum Gasteiger partial charge on any atom is -0.488 e. The average Bonchev–Trinajstić information content (AvgIpc) is 3.30. The Kier molecular flexibility index (Phi) is 4.22. The van der Waals surface area contributed by atoms with Crippen LogP contribution >= 0.6 is 0 Å². The van der Waals surface area contributed by atoms with Crippen molar-refractivity contribution in [1.82, 2.24) is 5.32 Å². The van der Waals surface area contributed by atoms with E-state index < -0.39 is 0 Å². The van der Waals surface area contributed by atoms with E-state index in [9.17, 15) is 0 Å². The minimum atomic E-state index is 0.270. The molecular formula is C18H23NO. The van der Waals surface area contributed by atoms with E-state index in [0.29, 0.717) is 0 Å². The second kappa shape index (κ2) is 6.27. The molecular weight excluding hydrogens is 246 g/mol. The van der Waals surface area contributed by atoms with E-state index in [4.69, 9.17) is 4.74 Å². The van der Waals surface area contributed by atoms with Crippen molar-refractivity contribution in [2.45, 2.75) is 44.8 Å². The van der Waals surface area contributed by atoms with Crippen molar-refractivity contribution >= 4 is 10.8 Å². The van der Waals surface area contributed by atoms with E-state index in [1.807, 2.05) is 0 Å². The van der Waals surface area contributed by atoms with E-state index in [0.717, 1.165) is 31.2 Å². The molecule has 0 aromatic heterocycles. The molecule has 1 aliphatic rings. The molecule has 0 radical (unpaired) electrons. The molecule has 3 rings (SSSR count). The minimum absolute atomic E-state index is 0.270. The molecule has 1 saturated carbocycles. The molecule has 2 nitrogen and oxygen atoms in total. The van der Waals surface area contributed by atoms with Gasteiger partial charge in [-0.15, -0.1) is 0 Å². The summed E-state index contributed by atoms with van der Waals surface area (Å²) in [6.45, 7) is 3.18. The lowest BCUT2D eigenvalue weighted by molar-refractivity contribution is 0.188. The van der Waals surface area contributed by atoms with Crippen molar-refractivity contribution < 1.29 is 4.74 Å². The molecule has 1 atom stereocenters. The summed E-state index contributed by atoms with van der Waals surface area (Å²) in [4.78, 5) is 0. The first-order valence-corrected chi connectivity index (χ1v) is 7.74. The maximum absolute atomic E-state index is 6.28. The normalized spacial score (nSPS) is 16.2. The van der Waals surface area contributed by atoms with Crippen LogP contribution in [0.15, 0.2) is 42.5 Å². The zero-order valence-corrected chi connectivity index (χ0v) is 12.1. The second-order valence-electron chi connectivity index (χ2n) is 5.69. The van der Waals surface area contributed by atoms with Gasteiger partial charge in [-0.2, -0.15) is 0 Å². The highest BCUT2D eigenvalue weighted by Gasteiger charge is 2.22. The fourth-order valence-electron chi connectivity index (χ4n) is 2.59. The molecule has 1 fully saturated rings. The van der Waals surface area contributed by atoms with E-state index in [1.165, 1.54) is 23.6 Å². The van der Waals surface area contributed by atoms with Crippen LogP contribution in [0.2, 0.25) is 0 Å². The SMILES string of the molecule is CCCC(CNC1CC1)Oc1cccc2ccccc12. The van der Waals surface area contributed by atoms with Gasteiger partial charge >= 0.3 is 0 Å². The highest BCUT2D eigenvalue weighted by molar-refractivity contribution is 5.88. The van der Waals surface area contributed by atoms with Gasteiger partial charge in [0.25, 0.3) is 0 Å². The Bertz CT molecular complexity index is 557. The standard InChI is InChI=1S/C18H23NO/c1-2-6-16(13-19-15-11-12-15)20-18-10-5-8-14-7-3-4-9-17(14)18/h3-5,7-10,15-16,19H,2,6,11-13H2,1H3. The summed E-state index contributed by atoms with van der Waals surface area (Å²) in [5.41, 5.74) is 0. The Hall–Kier alpha value is -1.54. The summed E-state index contributed by atoms with van der Waals surface area (Å²) >= 11 is 0. The van der Waals surface area contributed by atoms with Crippen LogP contribution in [-0.2, 0) is 0 Å². The molecule has 106 valence electrons. The summed E-state index contributed by atoms with van der Waals surface area (Å²) in [5.74, 6) is 1.01. The lowest BCUT2D eigenvalue weighted by Crippen LogP contribution is -2.32. The third-order valence-electron chi connectivity index (χ3n) is 3.87. The first kappa shape index (κ1) is 13.4. The van der Waals surface area contributed by atoms with Gasteiger partial charge in [-0.05, 0) is 30.7 Å². The molecule has 0 amide bonds. The highest BCUT2D eigenvalue weighted by atomic mass is 16.5. The Balaban J connectivity index is 1.74. The van der Waals surface area contributed by atoms with Gasteiger partial charge in [-0.3, -0.25) is 0 Å². The monoisotopic (exact) mass is 269 g/mol. The maximum atomic E-state index is 6.28. The fourth-order valence-corrected chi connectivity index (χ4v) is 2.59. The van der Waals surface area contributed by atoms with Crippen molar-refractivity contribution in [3.8, 4) is 5.75 Å². The van der Waals surface area contributed by atoms with Crippen molar-refractivity contribution in [1.29, 1.82) is 0 Å². The summed E-state index contributed by atoms with van der Waals surface area (Å²) < 4.78 is 6.28. The molecule has 2 aromatic rings. The number of hydrogen-bond donors (Lipinski definition) is 1. The lowest BCUT2D eigenvalue weighted by atomic mass is 10.1. The van der Waals surface area contributed by atoms with Gasteiger partial charge in [0.1, 0.15) is 11.9 Å². The lowest BCUT2D eigenvalue weighted by Gasteiger charge is -2.20. The van der Waals surface area contributed by atoms with Gasteiger partial charge in [0, 0.05) is 18.0 Å². The highest BCUT2D eigenvalue weighted by Crippen LogP contribution is 2.27. The Morgan fingerprint density at radius 2 is 1.95 bits per heavy atom. The third kappa shape index (κ3) is 3.31. The number of nitrogens with one attached hydrogen (secondary N) is 1. The molecule has 1 aliphatic carbocycles. The number of fused-ring (bicyclic) bond motifs is 1. The van der Waals surface area contributed by atoms with Gasteiger partial charge in [0.15, 0.2) is 0 Å². The maximum Gasteiger partial charge on any atom is 0.127 e. The first-order chi connectivity index (χ1) is 9.86. The molecule has 1 N–H and O–H groups in total. The van der Waals surface area contributed by atoms with Crippen LogP contribution < -0.4 is 10.1 Å². The van der Waals surface area contributed by atoms with Gasteiger partial charge in [-0.1, -0.05) is 49.7 Å². The van der Waals surface area contributed by atoms with Gasteiger partial charge in [0.05, 0.1) is 0 Å². The van der Waals surface area contributed by atoms with Crippen molar-refractivity contribution in [3.05, 3.63) is 42.5 Å². The zero-order chi connectivity index (χ0) is 13.8. The summed E-state index contributed by atoms with van der Waals surface area (Å²) in [6.07, 6.45) is 5.18. The molecule has 0 heterocycles. The molecule has 2 aromatic carbocycles. The Morgan fingerprint density at radius 3 is 2.75 bits per heavy atom. The topological polar surface area (TPSA) is 21.3 Å². The van der Waals surface area contributed by atoms with Crippen LogP contribution in [0.3, 0.4) is 0 Å². The van der Waals surface area contributed by atoms with Gasteiger partial charge in [0.2, 0.25) is 0 Å². The summed E-state index contributed by atoms with van der Waals surface area (Å²) in [7, 11) is 0. The summed E-state index contributed by atoms with van der Waals surface area (Å²) in [6, 6.07) is 15.5. The number of rotatable bonds is 7. The predicted molar refractivity (Wildman–Crippen MR) is 84.3 cm³/mol. The molecule has 2 heteroatoms. The van der Waals surface area contributed by atoms with Crippen LogP contribution in [0.4, 0.5) is 0 Å². The Labute approximate surface area is 121 Å². The Morgan fingerprint density at radius 1 is 1.15 bits per heavy atom. The second-order valence-corrected chi connectivity index (χ2v) is 5.69. The van der Waals surface area contributed by atoms with Crippen LogP contribution in [0.25, 0.3) is 10.8 Å². The zero-order valence-electron chi connectivity index (χ0n) is 12.1. The van der Waals surface area contributed by atoms with E-state index >= 15 is 0 Å². The molecule has 0 saturated heterocycles. The first-order valence-electron chi connectivity index (χ1n) is 7.74. The van der Waals surface area contributed by atoms with Crippen molar-refractivity contribution in [2.24, 2.45) is 0 Å². The quantitative estimate of drug-likeness (QED) is 0.815. The van der Waals surface area contributed by atoms with Crippen LogP contribution in [-0.4, -0.2) is 18.7 Å². The van der Waals surface area contributed by atoms with Crippen LogP contribution in [0.5, 0.6) is 5.75 Å². The largest absolute Gasteiger partial charge is 0.488 e. The molecule has 0 aliphatic heterocycles. The third-order valence-corrected chi connectivity index (χ3v) is 3.87. The fraction of sp³-hybridized carbons (Fsp3) is 0.444. The molecule has 0 spiro atoms. The number of benzene rings is 2. The van der Waals surface area contributed by atoms with Gasteiger partial charge in [-0.25, -0.2) is 0 Å². The summed E-state index contributed by atoms with van der Waals surface area (Å²) in [5, 5.41) is 6.04. The van der Waals surface area contributed by atoms with E-state index in [1.54, 1.807) is 0 Å². The van der Waals surface area contributed by atoms with Crippen molar-refractivity contribution in [2.75, 3.05) is 6.54 Å². The number of hydrogen-bond acceptors (Lipinski definition) is 2. The van der Waals surface area contributed by atoms with E-state index in [2.05, 4.69) is 54.7 Å². The molecule has 1 unspecified atom stereocenters. The smallest absolute Gasteiger partial charge is 0.127 e. The molecule has 20 heavy (non-hydrogen) atoms. The van der Waals surface area contributed by atoms with Gasteiger partial charge < -0.3 is 10.1 Å². The van der Waals surface area contributed by atoms with E-state index in [-0.39, 0.29) is 6.10 Å². The predicted octanol–water partition coefficient (Wildman–Crippen LogP) is 4.14. The van der Waals surface area contributed by atoms with Crippen LogP contribution in [0.1, 0.15) is 32.6 Å². The average molecular weight is 269 g/mol. The number of ether oxygens (including phenoxy) is 1. The molecule has 0 bridgehead atoms.